The van der Waals surface area contributed by atoms with E-state index >= 15 is 0 Å². The van der Waals surface area contributed by atoms with Crippen molar-refractivity contribution in [1.82, 2.24) is 15.0 Å². The minimum Gasteiger partial charge on any atom is -0.377 e. The van der Waals surface area contributed by atoms with E-state index < -0.39 is 0 Å². The number of pyridine rings is 1. The summed E-state index contributed by atoms with van der Waals surface area (Å²) in [6.07, 6.45) is 1.74. The highest BCUT2D eigenvalue weighted by atomic mass is 35.5. The van der Waals surface area contributed by atoms with E-state index in [1.807, 2.05) is 30.3 Å². The van der Waals surface area contributed by atoms with Crippen LogP contribution in [0.15, 0.2) is 42.6 Å². The van der Waals surface area contributed by atoms with E-state index in [9.17, 15) is 0 Å². The average Bonchev–Trinajstić information content (AvgIpc) is 2.92. The van der Waals surface area contributed by atoms with Crippen molar-refractivity contribution in [2.75, 3.05) is 60.9 Å². The second-order valence-corrected chi connectivity index (χ2v) is 10.5. The highest BCUT2D eigenvalue weighted by Crippen LogP contribution is 2.31. The van der Waals surface area contributed by atoms with Crippen molar-refractivity contribution in [2.45, 2.75) is 32.5 Å². The Labute approximate surface area is 232 Å². The lowest BCUT2D eigenvalue weighted by molar-refractivity contribution is -0.0113. The maximum absolute atomic E-state index is 8.89. The standard InChI is InChI=1S/C27H32Cl2N6O3/c1-18-14-33(26-23(29)11-20(13-30-26)16-38-17-36)7-8-34(18)25-12-24(21-3-5-22(28)6-4-21)31-27(32-25)35-9-10-37-15-19(35)2/h3-6,11-13,18-19,36H,7-10,14-17H2,1-2H3/t18-,19-/m1/s1. The summed E-state index contributed by atoms with van der Waals surface area (Å²) in [4.78, 5) is 21.3. The second-order valence-electron chi connectivity index (χ2n) is 9.65. The molecule has 9 nitrogen and oxygen atoms in total. The van der Waals surface area contributed by atoms with Gasteiger partial charge in [0.05, 0.1) is 36.6 Å². The van der Waals surface area contributed by atoms with Gasteiger partial charge < -0.3 is 29.3 Å². The minimum absolute atomic E-state index is 0.155. The normalized spacial score (nSPS) is 20.2. The molecular weight excluding hydrogens is 527 g/mol. The fourth-order valence-corrected chi connectivity index (χ4v) is 5.36. The predicted molar refractivity (Wildman–Crippen MR) is 150 cm³/mol. The molecule has 2 aromatic heterocycles. The number of rotatable bonds is 7. The zero-order valence-corrected chi connectivity index (χ0v) is 23.1. The van der Waals surface area contributed by atoms with Gasteiger partial charge in [-0.2, -0.15) is 4.98 Å². The number of anilines is 3. The van der Waals surface area contributed by atoms with Crippen LogP contribution >= 0.6 is 23.2 Å². The Balaban J connectivity index is 1.41. The van der Waals surface area contributed by atoms with Crippen molar-refractivity contribution in [1.29, 1.82) is 0 Å². The van der Waals surface area contributed by atoms with Crippen molar-refractivity contribution < 1.29 is 14.6 Å². The van der Waals surface area contributed by atoms with Gasteiger partial charge in [0.25, 0.3) is 0 Å². The molecule has 0 bridgehead atoms. The lowest BCUT2D eigenvalue weighted by atomic mass is 10.1. The molecule has 0 saturated carbocycles. The summed E-state index contributed by atoms with van der Waals surface area (Å²) in [6.45, 7) is 8.53. The number of hydrogen-bond acceptors (Lipinski definition) is 9. The molecular formula is C27H32Cl2N6O3. The largest absolute Gasteiger partial charge is 0.377 e. The number of aliphatic hydroxyl groups excluding tert-OH is 1. The number of piperazine rings is 1. The summed E-state index contributed by atoms with van der Waals surface area (Å²) < 4.78 is 10.7. The number of aromatic nitrogens is 3. The average molecular weight is 559 g/mol. The molecule has 0 aliphatic carbocycles. The summed E-state index contributed by atoms with van der Waals surface area (Å²) in [5, 5.41) is 10.1. The molecule has 1 N–H and O–H groups in total. The monoisotopic (exact) mass is 558 g/mol. The summed E-state index contributed by atoms with van der Waals surface area (Å²) in [5.74, 6) is 2.35. The van der Waals surface area contributed by atoms with E-state index in [1.165, 1.54) is 0 Å². The molecule has 38 heavy (non-hydrogen) atoms. The maximum Gasteiger partial charge on any atom is 0.228 e. The highest BCUT2D eigenvalue weighted by molar-refractivity contribution is 6.33. The van der Waals surface area contributed by atoms with Gasteiger partial charge in [0.15, 0.2) is 0 Å². The van der Waals surface area contributed by atoms with Gasteiger partial charge >= 0.3 is 0 Å². The van der Waals surface area contributed by atoms with E-state index in [0.717, 1.165) is 54.6 Å². The van der Waals surface area contributed by atoms with Gasteiger partial charge in [-0.3, -0.25) is 0 Å². The third-order valence-corrected chi connectivity index (χ3v) is 7.46. The molecule has 0 unspecified atom stereocenters. The van der Waals surface area contributed by atoms with Gasteiger partial charge in [-0.15, -0.1) is 0 Å². The number of morpholine rings is 1. The lowest BCUT2D eigenvalue weighted by Crippen LogP contribution is -2.53. The first kappa shape index (κ1) is 26.9. The van der Waals surface area contributed by atoms with Gasteiger partial charge in [0, 0.05) is 55.1 Å². The van der Waals surface area contributed by atoms with E-state index in [4.69, 9.17) is 47.8 Å². The lowest BCUT2D eigenvalue weighted by Gasteiger charge is -2.42. The Morgan fingerprint density at radius 2 is 1.84 bits per heavy atom. The van der Waals surface area contributed by atoms with Crippen LogP contribution in [-0.4, -0.2) is 78.3 Å². The second kappa shape index (κ2) is 12.0. The molecule has 0 spiro atoms. The number of halogens is 2. The molecule has 5 rings (SSSR count). The Morgan fingerprint density at radius 3 is 2.55 bits per heavy atom. The minimum atomic E-state index is -0.340. The smallest absolute Gasteiger partial charge is 0.228 e. The number of aliphatic hydroxyl groups is 1. The van der Waals surface area contributed by atoms with Crippen LogP contribution in [0.1, 0.15) is 19.4 Å². The molecule has 2 saturated heterocycles. The molecule has 2 aliphatic heterocycles. The molecule has 2 aliphatic rings. The number of ether oxygens (including phenoxy) is 2. The summed E-state index contributed by atoms with van der Waals surface area (Å²) in [6, 6.07) is 12.0. The molecule has 0 amide bonds. The number of nitrogens with zero attached hydrogens (tertiary/aromatic N) is 6. The van der Waals surface area contributed by atoms with Crippen molar-refractivity contribution in [3.8, 4) is 11.3 Å². The van der Waals surface area contributed by atoms with Gasteiger partial charge in [-0.05, 0) is 37.6 Å². The Morgan fingerprint density at radius 1 is 1.03 bits per heavy atom. The fourth-order valence-electron chi connectivity index (χ4n) is 4.93. The van der Waals surface area contributed by atoms with Crippen LogP contribution in [0.2, 0.25) is 10.0 Å². The maximum atomic E-state index is 8.89. The predicted octanol–water partition coefficient (Wildman–Crippen LogP) is 4.25. The molecule has 4 heterocycles. The Bertz CT molecular complexity index is 1250. The quantitative estimate of drug-likeness (QED) is 0.427. The van der Waals surface area contributed by atoms with Crippen LogP contribution in [0.3, 0.4) is 0 Å². The summed E-state index contributed by atoms with van der Waals surface area (Å²) >= 11 is 12.7. The Kier molecular flexibility index (Phi) is 8.50. The fraction of sp³-hybridized carbons (Fsp3) is 0.444. The van der Waals surface area contributed by atoms with Gasteiger partial charge in [-0.1, -0.05) is 35.3 Å². The van der Waals surface area contributed by atoms with Crippen LogP contribution < -0.4 is 14.7 Å². The first-order valence-electron chi connectivity index (χ1n) is 12.8. The first-order chi connectivity index (χ1) is 18.4. The zero-order valence-electron chi connectivity index (χ0n) is 21.6. The van der Waals surface area contributed by atoms with Crippen LogP contribution in [0, 0.1) is 0 Å². The molecule has 11 heteroatoms. The number of benzene rings is 1. The first-order valence-corrected chi connectivity index (χ1v) is 13.5. The van der Waals surface area contributed by atoms with Crippen LogP contribution in [0.5, 0.6) is 0 Å². The van der Waals surface area contributed by atoms with E-state index in [2.05, 4.69) is 39.6 Å². The number of hydrogen-bond donors (Lipinski definition) is 1. The third kappa shape index (κ3) is 5.97. The van der Waals surface area contributed by atoms with Gasteiger partial charge in [-0.25, -0.2) is 9.97 Å². The molecule has 2 atom stereocenters. The van der Waals surface area contributed by atoms with E-state index in [0.29, 0.717) is 29.2 Å². The van der Waals surface area contributed by atoms with Crippen molar-refractivity contribution in [3.63, 3.8) is 0 Å². The molecule has 202 valence electrons. The van der Waals surface area contributed by atoms with Crippen molar-refractivity contribution in [3.05, 3.63) is 58.2 Å². The third-order valence-electron chi connectivity index (χ3n) is 6.93. The van der Waals surface area contributed by atoms with Crippen molar-refractivity contribution in [2.24, 2.45) is 0 Å². The summed E-state index contributed by atoms with van der Waals surface area (Å²) in [5.41, 5.74) is 2.67. The van der Waals surface area contributed by atoms with Gasteiger partial charge in [0.2, 0.25) is 5.95 Å². The van der Waals surface area contributed by atoms with E-state index in [1.54, 1.807) is 6.20 Å². The van der Waals surface area contributed by atoms with E-state index in [-0.39, 0.29) is 25.5 Å². The SMILES string of the molecule is C[C@@H]1CN(c2ncc(COCO)cc2Cl)CCN1c1cc(-c2ccc(Cl)cc2)nc(N2CCOC[C@H]2C)n1. The van der Waals surface area contributed by atoms with Crippen LogP contribution in [0.25, 0.3) is 11.3 Å². The van der Waals surface area contributed by atoms with Gasteiger partial charge in [0.1, 0.15) is 18.4 Å². The van der Waals surface area contributed by atoms with Crippen LogP contribution in [0.4, 0.5) is 17.6 Å². The molecule has 3 aromatic rings. The highest BCUT2D eigenvalue weighted by Gasteiger charge is 2.29. The molecule has 1 aromatic carbocycles. The zero-order chi connectivity index (χ0) is 26.6. The van der Waals surface area contributed by atoms with Crippen molar-refractivity contribution >= 4 is 40.8 Å². The molecule has 2 fully saturated rings. The molecule has 0 radical (unpaired) electrons. The summed E-state index contributed by atoms with van der Waals surface area (Å²) in [7, 11) is 0. The van der Waals surface area contributed by atoms with Crippen LogP contribution in [-0.2, 0) is 16.1 Å². The topological polar surface area (TPSA) is 87.1 Å². The Hall–Kier alpha value is -2.69.